The molecule has 5 N–H and O–H groups in total. The summed E-state index contributed by atoms with van der Waals surface area (Å²) in [5.41, 5.74) is 0.278. The fourth-order valence-corrected chi connectivity index (χ4v) is 12.6. The lowest BCUT2D eigenvalue weighted by atomic mass is 9.80. The van der Waals surface area contributed by atoms with Gasteiger partial charge in [-0.1, -0.05) is 52.8 Å². The van der Waals surface area contributed by atoms with Crippen molar-refractivity contribution in [2.24, 2.45) is 28.6 Å². The van der Waals surface area contributed by atoms with Crippen molar-refractivity contribution in [2.45, 2.75) is 144 Å². The molecule has 0 aliphatic carbocycles. The molecule has 1 aromatic rings. The average Bonchev–Trinajstić information content (AvgIpc) is 1.67. The van der Waals surface area contributed by atoms with Crippen molar-refractivity contribution in [3.63, 3.8) is 0 Å². The molecule has 0 unspecified atom stereocenters. The van der Waals surface area contributed by atoms with Crippen molar-refractivity contribution < 1.29 is 182 Å². The highest BCUT2D eigenvalue weighted by Gasteiger charge is 2.48. The second-order valence-electron chi connectivity index (χ2n) is 33.5. The first-order chi connectivity index (χ1) is 64.2. The van der Waals surface area contributed by atoms with Crippen molar-refractivity contribution in [1.82, 2.24) is 15.1 Å². The zero-order chi connectivity index (χ0) is 97.2. The summed E-state index contributed by atoms with van der Waals surface area (Å²) in [5.74, 6) is -6.59. The number of amides is 4. The molecule has 0 bridgehead atoms. The van der Waals surface area contributed by atoms with Crippen molar-refractivity contribution in [3.8, 4) is 0 Å². The summed E-state index contributed by atoms with van der Waals surface area (Å²) in [4.78, 5) is 109. The Balaban J connectivity index is 1.10. The maximum absolute atomic E-state index is 13.9. The van der Waals surface area contributed by atoms with E-state index in [1.54, 1.807) is 59.9 Å². The van der Waals surface area contributed by atoms with E-state index < -0.39 is 101 Å². The summed E-state index contributed by atoms with van der Waals surface area (Å²) < 4.78 is 143. The summed E-state index contributed by atoms with van der Waals surface area (Å²) in [7, 11) is 1.64. The normalized spacial score (nSPS) is 17.1. The van der Waals surface area contributed by atoms with Crippen LogP contribution < -0.4 is 5.32 Å². The lowest BCUT2D eigenvalue weighted by Gasteiger charge is -2.39. The second-order valence-corrected chi connectivity index (χ2v) is 33.5. The molecule has 2 aliphatic heterocycles. The fourth-order valence-electron chi connectivity index (χ4n) is 12.6. The summed E-state index contributed by atoms with van der Waals surface area (Å²) in [6, 6.07) is 4.00. The molecule has 41 heteroatoms. The molecule has 0 spiro atoms. The Morgan fingerprint density at radius 1 is 0.459 bits per heavy atom. The number of carboxylic acids is 1. The van der Waals surface area contributed by atoms with Gasteiger partial charge in [0.25, 0.3) is 0 Å². The van der Waals surface area contributed by atoms with Gasteiger partial charge in [0.05, 0.1) is 334 Å². The van der Waals surface area contributed by atoms with Crippen LogP contribution in [0.5, 0.6) is 0 Å². The average molecular weight is 1920 g/mol. The number of ether oxygens (including phenoxy) is 26. The maximum atomic E-state index is 13.9. The predicted molar refractivity (Wildman–Crippen MR) is 479 cm³/mol. The highest BCUT2D eigenvalue weighted by Crippen LogP contribution is 2.36. The third-order valence-electron chi connectivity index (χ3n) is 20.4. The van der Waals surface area contributed by atoms with E-state index in [-0.39, 0.29) is 102 Å². The van der Waals surface area contributed by atoms with E-state index in [4.69, 9.17) is 123 Å². The van der Waals surface area contributed by atoms with Gasteiger partial charge in [0.2, 0.25) is 23.6 Å². The van der Waals surface area contributed by atoms with Gasteiger partial charge in [-0.15, -0.1) is 0 Å². The van der Waals surface area contributed by atoms with E-state index in [2.05, 4.69) is 5.32 Å². The van der Waals surface area contributed by atoms with Crippen molar-refractivity contribution in [2.75, 3.05) is 337 Å². The minimum absolute atomic E-state index is 0.0125. The zero-order valence-corrected chi connectivity index (χ0v) is 80.8. The molecular formula is C92H161N3O38. The van der Waals surface area contributed by atoms with E-state index in [9.17, 15) is 58.8 Å². The fraction of sp³-hybridized carbons (Fsp3) is 0.848. The Bertz CT molecular complexity index is 3150. The third-order valence-corrected chi connectivity index (χ3v) is 20.4. The summed E-state index contributed by atoms with van der Waals surface area (Å²) >= 11 is 0. The molecule has 133 heavy (non-hydrogen) atoms. The molecule has 1 aromatic carbocycles. The van der Waals surface area contributed by atoms with Crippen LogP contribution in [-0.4, -0.2) is 451 Å². The molecule has 0 radical (unpaired) electrons. The van der Waals surface area contributed by atoms with E-state index >= 15 is 0 Å². The molecule has 2 aliphatic rings. The first kappa shape index (κ1) is 122. The number of hydrogen-bond donors (Lipinski definition) is 5. The highest BCUT2D eigenvalue weighted by atomic mass is 16.6. The quantitative estimate of drug-likeness (QED) is 0.0354. The van der Waals surface area contributed by atoms with Gasteiger partial charge in [-0.05, 0) is 68.6 Å². The SMILES string of the molecule is COCCOCCOCCOCCOCCOCCOCCOCCOCCOCCOCCOCCOCCOCCOCCOCCOCCOCCOCCOCCOCCOCCOCCOCCN(CCC(=O)C[C@H](C(=O)N[C@@H](C)C(=O)Cc1ccc(COC(=O)C(C)(C)C)c(CC[C@@H]2O[C@H](C(=O)O)[C@@H](O)[C@H](O)[C@H]2O)c1)C(C)C)C(=O)CN1C(=O)C[C@@H](C(C)(C)C)C1=O. The molecular weight excluding hydrogens is 1750 g/mol. The van der Waals surface area contributed by atoms with Crippen molar-refractivity contribution >= 4 is 47.1 Å². The lowest BCUT2D eigenvalue weighted by Crippen LogP contribution is -2.59. The number of hydrogen-bond acceptors (Lipinski definition) is 37. The minimum Gasteiger partial charge on any atom is -0.479 e. The van der Waals surface area contributed by atoms with Gasteiger partial charge in [-0.25, -0.2) is 4.79 Å². The highest BCUT2D eigenvalue weighted by molar-refractivity contribution is 6.06. The van der Waals surface area contributed by atoms with Crippen LogP contribution >= 0.6 is 0 Å². The van der Waals surface area contributed by atoms with Crippen LogP contribution in [0.25, 0.3) is 0 Å². The van der Waals surface area contributed by atoms with Gasteiger partial charge in [0.15, 0.2) is 11.9 Å². The van der Waals surface area contributed by atoms with Gasteiger partial charge in [0.1, 0.15) is 37.2 Å². The Morgan fingerprint density at radius 2 is 0.797 bits per heavy atom. The van der Waals surface area contributed by atoms with Gasteiger partial charge in [-0.2, -0.15) is 0 Å². The molecule has 0 saturated carbocycles. The number of aryl methyl sites for hydroxylation is 1. The second kappa shape index (κ2) is 78.3. The number of carbonyl (C=O) groups is 8. The van der Waals surface area contributed by atoms with Gasteiger partial charge in [-0.3, -0.25) is 38.5 Å². The Morgan fingerprint density at radius 3 is 1.11 bits per heavy atom. The first-order valence-corrected chi connectivity index (χ1v) is 46.6. The molecule has 0 aromatic heterocycles. The molecule has 772 valence electrons. The number of esters is 1. The van der Waals surface area contributed by atoms with Crippen molar-refractivity contribution in [3.05, 3.63) is 34.9 Å². The number of carboxylic acid groups (broad SMARTS) is 1. The Hall–Kier alpha value is -5.54. The van der Waals surface area contributed by atoms with E-state index in [1.807, 2.05) is 20.8 Å². The van der Waals surface area contributed by atoms with Crippen molar-refractivity contribution in [1.29, 1.82) is 0 Å². The van der Waals surface area contributed by atoms with E-state index in [0.717, 1.165) is 4.90 Å². The number of aliphatic carboxylic acids is 1. The summed E-state index contributed by atoms with van der Waals surface area (Å²) in [6.45, 7) is 35.3. The smallest absolute Gasteiger partial charge is 0.335 e. The topological polar surface area (TPSA) is 476 Å². The van der Waals surface area contributed by atoms with E-state index in [1.165, 1.54) is 11.8 Å². The zero-order valence-electron chi connectivity index (χ0n) is 80.8. The van der Waals surface area contributed by atoms with E-state index in [0.29, 0.717) is 301 Å². The third kappa shape index (κ3) is 60.8. The number of imide groups is 1. The number of nitrogens with one attached hydrogen (secondary N) is 1. The number of carbonyl (C=O) groups excluding carboxylic acids is 7. The number of ketones is 2. The molecule has 3 rings (SSSR count). The summed E-state index contributed by atoms with van der Waals surface area (Å²) in [5, 5.41) is 43.7. The molecule has 41 nitrogen and oxygen atoms in total. The monoisotopic (exact) mass is 1920 g/mol. The molecule has 2 saturated heterocycles. The maximum Gasteiger partial charge on any atom is 0.335 e. The number of methoxy groups -OCH3 is 1. The van der Waals surface area contributed by atoms with Gasteiger partial charge < -0.3 is 154 Å². The standard InChI is InChI=1S/C92H161N3O38/c1-71(2)77(87(103)93-72(3)79(97)66-73-11-12-75(70-132-90(107)92(7,8)9)74(65-73)13-14-80-83(100)84(101)85(102)86(133-80)89(105)106)67-76(96)15-16-94(82(99)69-95-81(98)68-78(88(95)104)91(4,5)6)17-18-109-21-22-111-25-26-113-29-30-115-33-34-117-37-38-119-41-42-121-45-46-123-49-50-125-53-54-127-57-58-129-61-62-131-64-63-130-60-59-128-56-55-126-52-51-124-48-47-122-44-43-120-40-39-118-36-35-116-32-31-114-28-27-112-24-23-110-20-19-108-10/h11-12,65,71-72,77-78,80,83-86,100-102H,13-64,66-70H2,1-10H3,(H,93,103)(H,105,106)/t72-,77-,78+,80-,83-,84+,85-,86-/m0/s1. The van der Waals surface area contributed by atoms with Crippen LogP contribution in [-0.2, 0) is 181 Å². The number of benzene rings is 1. The molecule has 2 heterocycles. The van der Waals surface area contributed by atoms with Crippen LogP contribution in [0, 0.1) is 28.6 Å². The first-order valence-electron chi connectivity index (χ1n) is 46.6. The molecule has 2 fully saturated rings. The Labute approximate surface area is 785 Å². The largest absolute Gasteiger partial charge is 0.479 e. The number of likely N-dealkylation sites (tertiary alicyclic amines) is 1. The summed E-state index contributed by atoms with van der Waals surface area (Å²) in [6.07, 6.45) is -8.81. The number of rotatable bonds is 91. The van der Waals surface area contributed by atoms with Crippen LogP contribution in [0.2, 0.25) is 0 Å². The number of aliphatic hydroxyl groups excluding tert-OH is 3. The number of Topliss-reactive ketones (excluding diaryl/α,β-unsaturated/α-hetero) is 2. The molecule has 8 atom stereocenters. The molecule has 4 amide bonds. The van der Waals surface area contributed by atoms with Crippen LogP contribution in [0.3, 0.4) is 0 Å². The van der Waals surface area contributed by atoms with Gasteiger partial charge in [0, 0.05) is 51.8 Å². The lowest BCUT2D eigenvalue weighted by molar-refractivity contribution is -0.228. The predicted octanol–water partition coefficient (Wildman–Crippen LogP) is 2.16. The Kier molecular flexibility index (Phi) is 71.6. The number of aliphatic hydroxyl groups is 3. The van der Waals surface area contributed by atoms with Crippen LogP contribution in [0.15, 0.2) is 18.2 Å². The van der Waals surface area contributed by atoms with Gasteiger partial charge >= 0.3 is 11.9 Å². The van der Waals surface area contributed by atoms with Crippen LogP contribution in [0.1, 0.15) is 105 Å². The minimum atomic E-state index is -1.87. The van der Waals surface area contributed by atoms with Crippen LogP contribution in [0.4, 0.5) is 0 Å². The number of nitrogens with zero attached hydrogens (tertiary/aromatic N) is 2.